The van der Waals surface area contributed by atoms with Gasteiger partial charge in [0.05, 0.1) is 6.04 Å². The highest BCUT2D eigenvalue weighted by Crippen LogP contribution is 2.23. The summed E-state index contributed by atoms with van der Waals surface area (Å²) in [5.74, 6) is -0.793. The van der Waals surface area contributed by atoms with Crippen LogP contribution in [0, 0.1) is 0 Å². The minimum Gasteiger partial charge on any atom is -0.364 e. The number of halogens is 1. The number of hydrogen-bond donors (Lipinski definition) is 2. The molecule has 3 rings (SSSR count). The van der Waals surface area contributed by atoms with Gasteiger partial charge in [-0.2, -0.15) is 0 Å². The Morgan fingerprint density at radius 2 is 2.00 bits per heavy atom. The number of carbonyl (C=O) groups is 2. The van der Waals surface area contributed by atoms with Gasteiger partial charge in [0, 0.05) is 29.2 Å². The molecule has 0 aliphatic rings. The molecule has 7 heteroatoms. The molecule has 0 saturated carbocycles. The maximum absolute atomic E-state index is 12.6. The van der Waals surface area contributed by atoms with Crippen LogP contribution in [0.2, 0.25) is 5.02 Å². The molecule has 2 amide bonds. The van der Waals surface area contributed by atoms with E-state index in [2.05, 4.69) is 10.3 Å². The Morgan fingerprint density at radius 3 is 2.64 bits per heavy atom. The molecule has 0 aliphatic carbocycles. The molecule has 3 aromatic rings. The van der Waals surface area contributed by atoms with Gasteiger partial charge in [-0.05, 0) is 36.8 Å². The van der Waals surface area contributed by atoms with Gasteiger partial charge in [-0.15, -0.1) is 0 Å². The summed E-state index contributed by atoms with van der Waals surface area (Å²) in [5, 5.41) is 4.49. The summed E-state index contributed by atoms with van der Waals surface area (Å²) in [5.41, 5.74) is 7.56. The molecule has 2 aromatic heterocycles. The van der Waals surface area contributed by atoms with Crippen LogP contribution < -0.4 is 11.1 Å². The third kappa shape index (κ3) is 3.34. The van der Waals surface area contributed by atoms with Crippen LogP contribution in [0.4, 0.5) is 0 Å². The van der Waals surface area contributed by atoms with Crippen LogP contribution in [-0.4, -0.2) is 21.4 Å². The first-order valence-corrected chi connectivity index (χ1v) is 8.06. The number of fused-ring (bicyclic) bond motifs is 1. The molecule has 0 bridgehead atoms. The molecule has 1 atom stereocenters. The van der Waals surface area contributed by atoms with Gasteiger partial charge >= 0.3 is 0 Å². The van der Waals surface area contributed by atoms with E-state index in [0.29, 0.717) is 10.7 Å². The second-order valence-corrected chi connectivity index (χ2v) is 6.26. The van der Waals surface area contributed by atoms with Crippen molar-refractivity contribution in [3.8, 4) is 0 Å². The van der Waals surface area contributed by atoms with Gasteiger partial charge in [-0.1, -0.05) is 23.7 Å². The van der Waals surface area contributed by atoms with Crippen molar-refractivity contribution in [2.24, 2.45) is 12.8 Å². The van der Waals surface area contributed by atoms with E-state index in [1.54, 1.807) is 22.8 Å². The number of pyridine rings is 1. The largest absolute Gasteiger partial charge is 0.364 e. The summed E-state index contributed by atoms with van der Waals surface area (Å²) < 4.78 is 1.80. The molecule has 2 heterocycles. The fourth-order valence-corrected chi connectivity index (χ4v) is 2.85. The molecule has 0 aliphatic heterocycles. The zero-order chi connectivity index (χ0) is 18.1. The number of aryl methyl sites for hydroxylation is 1. The number of nitrogens with two attached hydrogens (primary N) is 1. The zero-order valence-electron chi connectivity index (χ0n) is 13.8. The van der Waals surface area contributed by atoms with Gasteiger partial charge in [0.15, 0.2) is 0 Å². The molecule has 6 nitrogen and oxygen atoms in total. The molecule has 0 radical (unpaired) electrons. The number of rotatable bonds is 4. The summed E-state index contributed by atoms with van der Waals surface area (Å²) in [4.78, 5) is 27.7. The van der Waals surface area contributed by atoms with Crippen LogP contribution in [0.15, 0.2) is 42.6 Å². The number of benzene rings is 1. The standard InChI is InChI=1S/C18H17ClN4O2/c1-10(12-4-6-14(17(20)24)21-9-12)22-18(25)16-7-11-3-5-13(19)8-15(11)23(16)2/h3-10H,1-2H3,(H2,20,24)(H,22,25)/t10-/m0/s1. The Morgan fingerprint density at radius 1 is 1.24 bits per heavy atom. The van der Waals surface area contributed by atoms with E-state index >= 15 is 0 Å². The lowest BCUT2D eigenvalue weighted by Crippen LogP contribution is -2.28. The Labute approximate surface area is 149 Å². The van der Waals surface area contributed by atoms with Crippen molar-refractivity contribution in [3.05, 3.63) is 64.6 Å². The van der Waals surface area contributed by atoms with Gasteiger partial charge in [0.1, 0.15) is 11.4 Å². The van der Waals surface area contributed by atoms with Crippen LogP contribution in [-0.2, 0) is 7.05 Å². The topological polar surface area (TPSA) is 90.0 Å². The summed E-state index contributed by atoms with van der Waals surface area (Å²) in [6.45, 7) is 1.85. The van der Waals surface area contributed by atoms with Crippen LogP contribution in [0.5, 0.6) is 0 Å². The zero-order valence-corrected chi connectivity index (χ0v) is 14.5. The van der Waals surface area contributed by atoms with E-state index in [-0.39, 0.29) is 17.6 Å². The van der Waals surface area contributed by atoms with E-state index in [0.717, 1.165) is 16.5 Å². The third-order valence-electron chi connectivity index (χ3n) is 4.13. The van der Waals surface area contributed by atoms with Crippen molar-refractivity contribution in [1.29, 1.82) is 0 Å². The van der Waals surface area contributed by atoms with Gasteiger partial charge in [-0.25, -0.2) is 0 Å². The molecule has 0 saturated heterocycles. The number of nitrogens with one attached hydrogen (secondary N) is 1. The maximum atomic E-state index is 12.6. The van der Waals surface area contributed by atoms with Gasteiger partial charge in [-0.3, -0.25) is 14.6 Å². The second kappa shape index (κ2) is 6.57. The Bertz CT molecular complexity index is 963. The fraction of sp³-hybridized carbons (Fsp3) is 0.167. The average Bonchev–Trinajstić information content (AvgIpc) is 2.91. The highest BCUT2D eigenvalue weighted by molar-refractivity contribution is 6.31. The monoisotopic (exact) mass is 356 g/mol. The van der Waals surface area contributed by atoms with Crippen molar-refractivity contribution < 1.29 is 9.59 Å². The van der Waals surface area contributed by atoms with E-state index in [9.17, 15) is 9.59 Å². The number of primary amides is 1. The fourth-order valence-electron chi connectivity index (χ4n) is 2.68. The van der Waals surface area contributed by atoms with Crippen molar-refractivity contribution in [3.63, 3.8) is 0 Å². The number of aromatic nitrogens is 2. The van der Waals surface area contributed by atoms with Crippen LogP contribution in [0.3, 0.4) is 0 Å². The van der Waals surface area contributed by atoms with Gasteiger partial charge in [0.2, 0.25) is 0 Å². The molecular weight excluding hydrogens is 340 g/mol. The van der Waals surface area contributed by atoms with Crippen molar-refractivity contribution in [2.45, 2.75) is 13.0 Å². The molecular formula is C18H17ClN4O2. The normalized spacial score (nSPS) is 12.1. The maximum Gasteiger partial charge on any atom is 0.268 e. The van der Waals surface area contributed by atoms with Gasteiger partial charge in [0.25, 0.3) is 11.8 Å². The van der Waals surface area contributed by atoms with E-state index < -0.39 is 5.91 Å². The van der Waals surface area contributed by atoms with E-state index in [4.69, 9.17) is 17.3 Å². The predicted octanol–water partition coefficient (Wildman–Crippen LogP) is 2.82. The summed E-state index contributed by atoms with van der Waals surface area (Å²) >= 11 is 6.03. The summed E-state index contributed by atoms with van der Waals surface area (Å²) in [6, 6.07) is 10.3. The number of amides is 2. The van der Waals surface area contributed by atoms with Crippen LogP contribution >= 0.6 is 11.6 Å². The number of nitrogens with zero attached hydrogens (tertiary/aromatic N) is 2. The van der Waals surface area contributed by atoms with E-state index in [1.165, 1.54) is 6.20 Å². The summed E-state index contributed by atoms with van der Waals surface area (Å²) in [6.07, 6.45) is 1.53. The average molecular weight is 357 g/mol. The first kappa shape index (κ1) is 17.0. The molecule has 25 heavy (non-hydrogen) atoms. The smallest absolute Gasteiger partial charge is 0.268 e. The number of carbonyl (C=O) groups excluding carboxylic acids is 2. The van der Waals surface area contributed by atoms with Gasteiger partial charge < -0.3 is 15.6 Å². The summed E-state index contributed by atoms with van der Waals surface area (Å²) in [7, 11) is 1.82. The molecule has 0 spiro atoms. The minimum absolute atomic E-state index is 0.188. The van der Waals surface area contributed by atoms with Crippen molar-refractivity contribution >= 4 is 34.3 Å². The molecule has 0 unspecified atom stereocenters. The highest BCUT2D eigenvalue weighted by atomic mass is 35.5. The highest BCUT2D eigenvalue weighted by Gasteiger charge is 2.17. The second-order valence-electron chi connectivity index (χ2n) is 5.83. The quantitative estimate of drug-likeness (QED) is 0.753. The first-order chi connectivity index (χ1) is 11.9. The SMILES string of the molecule is C[C@H](NC(=O)c1cc2ccc(Cl)cc2n1C)c1ccc(C(N)=O)nc1. The molecule has 0 fully saturated rings. The van der Waals surface area contributed by atoms with E-state index in [1.807, 2.05) is 32.2 Å². The van der Waals surface area contributed by atoms with Crippen LogP contribution in [0.25, 0.3) is 10.9 Å². The third-order valence-corrected chi connectivity index (χ3v) is 4.36. The first-order valence-electron chi connectivity index (χ1n) is 7.68. The Kier molecular flexibility index (Phi) is 4.46. The number of hydrogen-bond acceptors (Lipinski definition) is 3. The van der Waals surface area contributed by atoms with Crippen molar-refractivity contribution in [2.75, 3.05) is 0 Å². The Hall–Kier alpha value is -2.86. The molecule has 1 aromatic carbocycles. The lowest BCUT2D eigenvalue weighted by atomic mass is 10.1. The lowest BCUT2D eigenvalue weighted by molar-refractivity contribution is 0.0930. The molecule has 3 N–H and O–H groups in total. The van der Waals surface area contributed by atoms with Crippen LogP contribution in [0.1, 0.15) is 39.5 Å². The predicted molar refractivity (Wildman–Crippen MR) is 96.6 cm³/mol. The molecule has 128 valence electrons. The lowest BCUT2D eigenvalue weighted by Gasteiger charge is -2.14. The minimum atomic E-state index is -0.586. The Balaban J connectivity index is 1.82. The van der Waals surface area contributed by atoms with Crippen molar-refractivity contribution in [1.82, 2.24) is 14.9 Å².